The molecule has 1 atom stereocenters. The van der Waals surface area contributed by atoms with Crippen molar-refractivity contribution in [3.05, 3.63) is 35.4 Å². The van der Waals surface area contributed by atoms with Crippen molar-refractivity contribution in [2.45, 2.75) is 18.4 Å². The Balaban J connectivity index is 0.00000208. The maximum absolute atomic E-state index is 12.8. The third-order valence-corrected chi connectivity index (χ3v) is 4.42. The molecule has 0 bridgehead atoms. The van der Waals surface area contributed by atoms with E-state index in [1.807, 2.05) is 24.3 Å². The first kappa shape index (κ1) is 18.2. The van der Waals surface area contributed by atoms with Gasteiger partial charge in [-0.05, 0) is 31.0 Å². The van der Waals surface area contributed by atoms with Crippen LogP contribution in [0.4, 0.5) is 4.79 Å². The van der Waals surface area contributed by atoms with Crippen molar-refractivity contribution < 1.29 is 14.4 Å². The molecule has 1 aliphatic heterocycles. The number of imide groups is 1. The number of carbonyl (C=O) groups is 3. The van der Waals surface area contributed by atoms with Crippen molar-refractivity contribution >= 4 is 30.3 Å². The summed E-state index contributed by atoms with van der Waals surface area (Å²) in [6.45, 7) is 0.828. The summed E-state index contributed by atoms with van der Waals surface area (Å²) >= 11 is 0. The van der Waals surface area contributed by atoms with Gasteiger partial charge in [0.1, 0.15) is 12.1 Å². The fourth-order valence-corrected chi connectivity index (χ4v) is 3.26. The molecule has 8 heteroatoms. The highest BCUT2D eigenvalue weighted by Gasteiger charge is 2.55. The van der Waals surface area contributed by atoms with Crippen LogP contribution in [-0.2, 0) is 21.5 Å². The molecule has 0 radical (unpaired) electrons. The van der Waals surface area contributed by atoms with Crippen LogP contribution in [0.2, 0.25) is 0 Å². The Morgan fingerprint density at radius 1 is 1.29 bits per heavy atom. The summed E-state index contributed by atoms with van der Waals surface area (Å²) in [5.41, 5.74) is 0.914. The van der Waals surface area contributed by atoms with Crippen LogP contribution in [0.5, 0.6) is 0 Å². The van der Waals surface area contributed by atoms with Crippen LogP contribution in [-0.4, -0.2) is 49.4 Å². The Bertz CT molecular complexity index is 666. The Morgan fingerprint density at radius 3 is 2.79 bits per heavy atom. The van der Waals surface area contributed by atoms with E-state index in [0.29, 0.717) is 19.5 Å². The third-order valence-electron chi connectivity index (χ3n) is 4.42. The van der Waals surface area contributed by atoms with Gasteiger partial charge in [-0.3, -0.25) is 14.5 Å². The molecule has 24 heavy (non-hydrogen) atoms. The average molecular weight is 353 g/mol. The van der Waals surface area contributed by atoms with Crippen molar-refractivity contribution in [3.8, 4) is 0 Å². The minimum absolute atomic E-state index is 0. The van der Waals surface area contributed by atoms with E-state index in [1.165, 1.54) is 0 Å². The molecule has 1 aromatic rings. The van der Waals surface area contributed by atoms with Gasteiger partial charge in [-0.2, -0.15) is 0 Å². The Kier molecular flexibility index (Phi) is 5.46. The fourth-order valence-electron chi connectivity index (χ4n) is 3.26. The normalized spacial score (nSPS) is 21.5. The molecule has 1 saturated heterocycles. The van der Waals surface area contributed by atoms with Crippen molar-refractivity contribution in [2.24, 2.45) is 0 Å². The third kappa shape index (κ3) is 2.97. The SMILES string of the molecule is CNCCNC(=O)CN1C(=O)NC2(CCc3ccccc32)C1=O.Cl. The molecule has 4 amide bonds. The fraction of sp³-hybridized carbons (Fsp3) is 0.438. The van der Waals surface area contributed by atoms with Gasteiger partial charge in [0, 0.05) is 13.1 Å². The predicted molar refractivity (Wildman–Crippen MR) is 90.9 cm³/mol. The lowest BCUT2D eigenvalue weighted by atomic mass is 9.92. The molecule has 1 spiro atoms. The standard InChI is InChI=1S/C16H20N4O3.ClH/c1-17-8-9-18-13(21)10-20-14(22)16(19-15(20)23)7-6-11-4-2-3-5-12(11)16;/h2-5,17H,6-10H2,1H3,(H,18,21)(H,19,23);1H. The quantitative estimate of drug-likeness (QED) is 0.519. The molecular weight excluding hydrogens is 332 g/mol. The number of hydrogen-bond donors (Lipinski definition) is 3. The highest BCUT2D eigenvalue weighted by atomic mass is 35.5. The predicted octanol–water partition coefficient (Wildman–Crippen LogP) is 0.137. The van der Waals surface area contributed by atoms with E-state index in [9.17, 15) is 14.4 Å². The van der Waals surface area contributed by atoms with Crippen LogP contribution in [0.3, 0.4) is 0 Å². The van der Waals surface area contributed by atoms with Gasteiger partial charge in [0.05, 0.1) is 0 Å². The van der Waals surface area contributed by atoms with Gasteiger partial charge in [-0.25, -0.2) is 4.79 Å². The molecule has 2 aliphatic rings. The summed E-state index contributed by atoms with van der Waals surface area (Å²) in [7, 11) is 1.78. The number of hydrogen-bond acceptors (Lipinski definition) is 4. The van der Waals surface area contributed by atoms with Gasteiger partial charge < -0.3 is 16.0 Å². The van der Waals surface area contributed by atoms with Crippen LogP contribution in [0.1, 0.15) is 17.5 Å². The molecule has 1 fully saturated rings. The van der Waals surface area contributed by atoms with E-state index < -0.39 is 11.6 Å². The summed E-state index contributed by atoms with van der Waals surface area (Å²) in [4.78, 5) is 38.0. The van der Waals surface area contributed by atoms with E-state index in [0.717, 1.165) is 22.4 Å². The first-order valence-corrected chi connectivity index (χ1v) is 7.72. The molecule has 3 N–H and O–H groups in total. The molecular formula is C16H21ClN4O3. The molecule has 1 aromatic carbocycles. The molecule has 1 heterocycles. The zero-order valence-corrected chi connectivity index (χ0v) is 14.2. The Morgan fingerprint density at radius 2 is 2.04 bits per heavy atom. The average Bonchev–Trinajstić information content (AvgIpc) is 3.02. The van der Waals surface area contributed by atoms with E-state index >= 15 is 0 Å². The number of urea groups is 1. The van der Waals surface area contributed by atoms with E-state index in [4.69, 9.17) is 0 Å². The highest BCUT2D eigenvalue weighted by Crippen LogP contribution is 2.41. The number of nitrogens with one attached hydrogen (secondary N) is 3. The summed E-state index contributed by atoms with van der Waals surface area (Å²) in [6, 6.07) is 7.12. The van der Waals surface area contributed by atoms with Gasteiger partial charge in [0.2, 0.25) is 5.91 Å². The summed E-state index contributed by atoms with van der Waals surface area (Å²) in [5, 5.41) is 8.39. The smallest absolute Gasteiger partial charge is 0.325 e. The highest BCUT2D eigenvalue weighted by molar-refractivity contribution is 6.09. The van der Waals surface area contributed by atoms with Crippen LogP contribution in [0.15, 0.2) is 24.3 Å². The number of nitrogens with zero attached hydrogens (tertiary/aromatic N) is 1. The first-order valence-electron chi connectivity index (χ1n) is 7.72. The second kappa shape index (κ2) is 7.19. The number of amides is 4. The zero-order valence-electron chi connectivity index (χ0n) is 13.4. The maximum atomic E-state index is 12.8. The number of aryl methyl sites for hydroxylation is 1. The summed E-state index contributed by atoms with van der Waals surface area (Å²) in [6.07, 6.45) is 1.28. The van der Waals surface area contributed by atoms with Crippen LogP contribution < -0.4 is 16.0 Å². The summed E-state index contributed by atoms with van der Waals surface area (Å²) in [5.74, 6) is -0.678. The lowest BCUT2D eigenvalue weighted by molar-refractivity contribution is -0.135. The molecule has 130 valence electrons. The monoisotopic (exact) mass is 352 g/mol. The molecule has 1 aliphatic carbocycles. The van der Waals surface area contributed by atoms with Crippen molar-refractivity contribution in [1.29, 1.82) is 0 Å². The van der Waals surface area contributed by atoms with E-state index in [-0.39, 0.29) is 30.8 Å². The van der Waals surface area contributed by atoms with Crippen molar-refractivity contribution in [1.82, 2.24) is 20.9 Å². The number of rotatable bonds is 5. The number of fused-ring (bicyclic) bond motifs is 2. The lowest BCUT2D eigenvalue weighted by Crippen LogP contribution is -2.44. The van der Waals surface area contributed by atoms with Gasteiger partial charge in [0.15, 0.2) is 0 Å². The number of likely N-dealkylation sites (N-methyl/N-ethyl adjacent to an activating group) is 1. The van der Waals surface area contributed by atoms with Crippen LogP contribution in [0.25, 0.3) is 0 Å². The number of benzene rings is 1. The number of carbonyl (C=O) groups excluding carboxylic acids is 3. The van der Waals surface area contributed by atoms with Gasteiger partial charge in [-0.1, -0.05) is 24.3 Å². The molecule has 1 unspecified atom stereocenters. The molecule has 7 nitrogen and oxygen atoms in total. The topological polar surface area (TPSA) is 90.5 Å². The minimum Gasteiger partial charge on any atom is -0.353 e. The number of halogens is 1. The van der Waals surface area contributed by atoms with E-state index in [1.54, 1.807) is 7.05 Å². The van der Waals surface area contributed by atoms with Gasteiger partial charge >= 0.3 is 6.03 Å². The molecule has 3 rings (SSSR count). The van der Waals surface area contributed by atoms with Gasteiger partial charge in [0.25, 0.3) is 5.91 Å². The zero-order chi connectivity index (χ0) is 16.4. The van der Waals surface area contributed by atoms with E-state index in [2.05, 4.69) is 16.0 Å². The molecule has 0 aromatic heterocycles. The van der Waals surface area contributed by atoms with Crippen LogP contribution in [0, 0.1) is 0 Å². The van der Waals surface area contributed by atoms with Crippen LogP contribution >= 0.6 is 12.4 Å². The lowest BCUT2D eigenvalue weighted by Gasteiger charge is -2.22. The van der Waals surface area contributed by atoms with Crippen molar-refractivity contribution in [2.75, 3.05) is 26.7 Å². The van der Waals surface area contributed by atoms with Gasteiger partial charge in [-0.15, -0.1) is 12.4 Å². The largest absolute Gasteiger partial charge is 0.353 e. The molecule has 0 saturated carbocycles. The minimum atomic E-state index is -1.00. The van der Waals surface area contributed by atoms with Crippen molar-refractivity contribution in [3.63, 3.8) is 0 Å². The second-order valence-electron chi connectivity index (χ2n) is 5.84. The first-order chi connectivity index (χ1) is 11.1. The Hall–Kier alpha value is -2.12. The Labute approximate surface area is 146 Å². The summed E-state index contributed by atoms with van der Waals surface area (Å²) < 4.78 is 0. The maximum Gasteiger partial charge on any atom is 0.325 e. The second-order valence-corrected chi connectivity index (χ2v) is 5.84.